The zero-order chi connectivity index (χ0) is 18.3. The maximum absolute atomic E-state index is 12.6. The molecule has 1 aromatic carbocycles. The SMILES string of the molecule is COc1cc(Oc2ccc(N3C(=O)NC4(CCC4)C3=O)cn2)ccc1C. The van der Waals surface area contributed by atoms with Crippen LogP contribution in [0.1, 0.15) is 24.8 Å². The van der Waals surface area contributed by atoms with Crippen molar-refractivity contribution in [3.05, 3.63) is 42.1 Å². The molecule has 1 spiro atoms. The summed E-state index contributed by atoms with van der Waals surface area (Å²) < 4.78 is 11.0. The molecule has 4 rings (SSSR count). The molecular weight excluding hydrogens is 334 g/mol. The van der Waals surface area contributed by atoms with E-state index in [2.05, 4.69) is 10.3 Å². The van der Waals surface area contributed by atoms with Crippen molar-refractivity contribution < 1.29 is 19.1 Å². The van der Waals surface area contributed by atoms with E-state index in [9.17, 15) is 9.59 Å². The third-order valence-electron chi connectivity index (χ3n) is 4.95. The molecule has 7 heteroatoms. The average Bonchev–Trinajstić information content (AvgIpc) is 2.88. The number of anilines is 1. The molecule has 1 aromatic heterocycles. The molecule has 1 saturated carbocycles. The molecule has 1 saturated heterocycles. The number of imide groups is 1. The molecule has 26 heavy (non-hydrogen) atoms. The first-order chi connectivity index (χ1) is 12.5. The number of amides is 3. The fourth-order valence-corrected chi connectivity index (χ4v) is 3.27. The molecule has 134 valence electrons. The minimum absolute atomic E-state index is 0.201. The Bertz CT molecular complexity index is 875. The highest BCUT2D eigenvalue weighted by Crippen LogP contribution is 2.39. The Labute approximate surface area is 150 Å². The number of carbonyl (C=O) groups is 2. The first kappa shape index (κ1) is 16.4. The molecule has 2 heterocycles. The van der Waals surface area contributed by atoms with Gasteiger partial charge in [0.05, 0.1) is 19.0 Å². The van der Waals surface area contributed by atoms with Crippen LogP contribution in [0.3, 0.4) is 0 Å². The maximum Gasteiger partial charge on any atom is 0.329 e. The van der Waals surface area contributed by atoms with Crippen molar-refractivity contribution >= 4 is 17.6 Å². The van der Waals surface area contributed by atoms with Crippen molar-refractivity contribution in [3.63, 3.8) is 0 Å². The van der Waals surface area contributed by atoms with Gasteiger partial charge in [-0.15, -0.1) is 0 Å². The number of aromatic nitrogens is 1. The van der Waals surface area contributed by atoms with Crippen molar-refractivity contribution in [2.45, 2.75) is 31.7 Å². The summed E-state index contributed by atoms with van der Waals surface area (Å²) in [6.45, 7) is 1.95. The monoisotopic (exact) mass is 353 g/mol. The number of pyridine rings is 1. The van der Waals surface area contributed by atoms with E-state index < -0.39 is 11.6 Å². The predicted octanol–water partition coefficient (Wildman–Crippen LogP) is 3.17. The van der Waals surface area contributed by atoms with Crippen LogP contribution in [0.15, 0.2) is 36.5 Å². The standard InChI is InChI=1S/C19H19N3O4/c1-12-4-6-14(10-15(12)25-2)26-16-7-5-13(11-20-16)22-17(23)19(8-3-9-19)21-18(22)24/h4-7,10-11H,3,8-9H2,1-2H3,(H,21,24). The second kappa shape index (κ2) is 6.01. The number of rotatable bonds is 4. The summed E-state index contributed by atoms with van der Waals surface area (Å²) in [5.74, 6) is 1.48. The minimum atomic E-state index is -0.704. The molecular formula is C19H19N3O4. The number of hydrogen-bond acceptors (Lipinski definition) is 5. The molecule has 3 amide bonds. The van der Waals surface area contributed by atoms with Gasteiger partial charge < -0.3 is 14.8 Å². The van der Waals surface area contributed by atoms with E-state index in [0.29, 0.717) is 30.2 Å². The van der Waals surface area contributed by atoms with Crippen molar-refractivity contribution in [2.75, 3.05) is 12.0 Å². The van der Waals surface area contributed by atoms with E-state index in [0.717, 1.165) is 22.6 Å². The molecule has 0 atom stereocenters. The molecule has 1 N–H and O–H groups in total. The summed E-state index contributed by atoms with van der Waals surface area (Å²) in [7, 11) is 1.60. The van der Waals surface area contributed by atoms with Gasteiger partial charge in [0.2, 0.25) is 5.88 Å². The van der Waals surface area contributed by atoms with Crippen LogP contribution >= 0.6 is 0 Å². The topological polar surface area (TPSA) is 80.8 Å². The predicted molar refractivity (Wildman–Crippen MR) is 94.6 cm³/mol. The van der Waals surface area contributed by atoms with Crippen LogP contribution in [-0.4, -0.2) is 29.6 Å². The zero-order valence-corrected chi connectivity index (χ0v) is 14.6. The molecule has 7 nitrogen and oxygen atoms in total. The summed E-state index contributed by atoms with van der Waals surface area (Å²) >= 11 is 0. The lowest BCUT2D eigenvalue weighted by Crippen LogP contribution is -2.52. The van der Waals surface area contributed by atoms with Crippen LogP contribution < -0.4 is 19.7 Å². The number of nitrogens with one attached hydrogen (secondary N) is 1. The summed E-state index contributed by atoms with van der Waals surface area (Å²) in [4.78, 5) is 30.1. The van der Waals surface area contributed by atoms with Crippen LogP contribution in [0, 0.1) is 6.92 Å². The lowest BCUT2D eigenvalue weighted by molar-refractivity contribution is -0.124. The van der Waals surface area contributed by atoms with Gasteiger partial charge in [-0.2, -0.15) is 0 Å². The van der Waals surface area contributed by atoms with Gasteiger partial charge in [-0.05, 0) is 43.9 Å². The summed E-state index contributed by atoms with van der Waals surface area (Å²) in [6.07, 6.45) is 3.80. The summed E-state index contributed by atoms with van der Waals surface area (Å²) in [6, 6.07) is 8.40. The van der Waals surface area contributed by atoms with Crippen LogP contribution in [0.2, 0.25) is 0 Å². The molecule has 1 aliphatic heterocycles. The fraction of sp³-hybridized carbons (Fsp3) is 0.316. The maximum atomic E-state index is 12.6. The number of ether oxygens (including phenoxy) is 2. The highest BCUT2D eigenvalue weighted by molar-refractivity contribution is 6.23. The lowest BCUT2D eigenvalue weighted by atomic mass is 9.77. The van der Waals surface area contributed by atoms with Gasteiger partial charge in [-0.25, -0.2) is 14.7 Å². The number of hydrogen-bond donors (Lipinski definition) is 1. The Morgan fingerprint density at radius 3 is 2.58 bits per heavy atom. The molecule has 2 aromatic rings. The van der Waals surface area contributed by atoms with Crippen LogP contribution in [-0.2, 0) is 4.79 Å². The quantitative estimate of drug-likeness (QED) is 0.854. The minimum Gasteiger partial charge on any atom is -0.496 e. The summed E-state index contributed by atoms with van der Waals surface area (Å²) in [5, 5.41) is 2.80. The van der Waals surface area contributed by atoms with E-state index in [1.165, 1.54) is 6.20 Å². The van der Waals surface area contributed by atoms with Gasteiger partial charge in [-0.3, -0.25) is 4.79 Å². The van der Waals surface area contributed by atoms with Crippen LogP contribution in [0.4, 0.5) is 10.5 Å². The van der Waals surface area contributed by atoms with Gasteiger partial charge >= 0.3 is 6.03 Å². The number of nitrogens with zero attached hydrogens (tertiary/aromatic N) is 2. The number of methoxy groups -OCH3 is 1. The Hall–Kier alpha value is -3.09. The highest BCUT2D eigenvalue weighted by atomic mass is 16.5. The van der Waals surface area contributed by atoms with Crippen molar-refractivity contribution in [2.24, 2.45) is 0 Å². The number of benzene rings is 1. The third kappa shape index (κ3) is 2.56. The van der Waals surface area contributed by atoms with Gasteiger partial charge in [0.15, 0.2) is 0 Å². The van der Waals surface area contributed by atoms with E-state index in [1.54, 1.807) is 25.3 Å². The Kier molecular flexibility index (Phi) is 3.79. The van der Waals surface area contributed by atoms with E-state index in [1.807, 2.05) is 19.1 Å². The lowest BCUT2D eigenvalue weighted by Gasteiger charge is -2.34. The molecule has 0 radical (unpaired) electrons. The molecule has 0 bridgehead atoms. The first-order valence-corrected chi connectivity index (χ1v) is 8.48. The van der Waals surface area contributed by atoms with Gasteiger partial charge in [-0.1, -0.05) is 6.07 Å². The van der Waals surface area contributed by atoms with Gasteiger partial charge in [0.1, 0.15) is 17.0 Å². The van der Waals surface area contributed by atoms with Crippen LogP contribution in [0.25, 0.3) is 0 Å². The largest absolute Gasteiger partial charge is 0.496 e. The van der Waals surface area contributed by atoms with E-state index in [4.69, 9.17) is 9.47 Å². The van der Waals surface area contributed by atoms with Gasteiger partial charge in [0, 0.05) is 12.1 Å². The zero-order valence-electron chi connectivity index (χ0n) is 14.6. The van der Waals surface area contributed by atoms with Crippen molar-refractivity contribution in [1.29, 1.82) is 0 Å². The number of urea groups is 1. The molecule has 2 fully saturated rings. The second-order valence-corrected chi connectivity index (χ2v) is 6.59. The smallest absolute Gasteiger partial charge is 0.329 e. The van der Waals surface area contributed by atoms with E-state index >= 15 is 0 Å². The second-order valence-electron chi connectivity index (χ2n) is 6.59. The van der Waals surface area contributed by atoms with Crippen molar-refractivity contribution in [1.82, 2.24) is 10.3 Å². The highest BCUT2D eigenvalue weighted by Gasteiger charge is 2.55. The Balaban J connectivity index is 1.52. The molecule has 0 unspecified atom stereocenters. The van der Waals surface area contributed by atoms with Gasteiger partial charge in [0.25, 0.3) is 5.91 Å². The van der Waals surface area contributed by atoms with Crippen molar-refractivity contribution in [3.8, 4) is 17.4 Å². The first-order valence-electron chi connectivity index (χ1n) is 8.48. The Morgan fingerprint density at radius 1 is 1.19 bits per heavy atom. The van der Waals surface area contributed by atoms with E-state index in [-0.39, 0.29) is 5.91 Å². The molecule has 2 aliphatic rings. The number of aryl methyl sites for hydroxylation is 1. The molecule has 1 aliphatic carbocycles. The Morgan fingerprint density at radius 2 is 2.00 bits per heavy atom. The normalized spacial score (nSPS) is 17.8. The van der Waals surface area contributed by atoms with Crippen LogP contribution in [0.5, 0.6) is 17.4 Å². The number of carbonyl (C=O) groups excluding carboxylic acids is 2. The summed E-state index contributed by atoms with van der Waals surface area (Å²) in [5.41, 5.74) is 0.738. The average molecular weight is 353 g/mol. The fourth-order valence-electron chi connectivity index (χ4n) is 3.27. The third-order valence-corrected chi connectivity index (χ3v) is 4.95.